The van der Waals surface area contributed by atoms with Gasteiger partial charge in [0.05, 0.1) is 29.8 Å². The summed E-state index contributed by atoms with van der Waals surface area (Å²) in [5, 5.41) is 3.24. The number of hydrogen-bond acceptors (Lipinski definition) is 3. The van der Waals surface area contributed by atoms with Crippen molar-refractivity contribution in [3.8, 4) is 0 Å². The molecule has 0 amide bonds. The molecule has 0 bridgehead atoms. The fourth-order valence-corrected chi connectivity index (χ4v) is 1.66. The molecular weight excluding hydrogens is 285 g/mol. The smallest absolute Gasteiger partial charge is 0.141 e. The van der Waals surface area contributed by atoms with Crippen molar-refractivity contribution in [3.05, 3.63) is 52.8 Å². The minimum Gasteiger partial charge on any atom is -0.376 e. The van der Waals surface area contributed by atoms with E-state index in [9.17, 15) is 4.39 Å². The fraction of sp³-hybridized carbons (Fsp3) is 0.167. The second-order valence-corrected chi connectivity index (χ2v) is 4.45. The Morgan fingerprint density at radius 3 is 2.59 bits per heavy atom. The molecule has 1 N–H and O–H groups in total. The topological polar surface area (TPSA) is 37.8 Å². The first-order valence-electron chi connectivity index (χ1n) is 5.14. The Hall–Kier alpha value is -1.49. The summed E-state index contributed by atoms with van der Waals surface area (Å²) in [6.07, 6.45) is 2.94. The Balaban J connectivity index is 2.08. The van der Waals surface area contributed by atoms with Gasteiger partial charge >= 0.3 is 0 Å². The van der Waals surface area contributed by atoms with Crippen LogP contribution in [-0.4, -0.2) is 9.97 Å². The van der Waals surface area contributed by atoms with Crippen molar-refractivity contribution in [3.63, 3.8) is 0 Å². The number of rotatable bonds is 3. The van der Waals surface area contributed by atoms with Gasteiger partial charge in [-0.15, -0.1) is 0 Å². The molecule has 2 rings (SSSR count). The van der Waals surface area contributed by atoms with Crippen LogP contribution in [-0.2, 0) is 0 Å². The number of aromatic nitrogens is 2. The lowest BCUT2D eigenvalue weighted by Gasteiger charge is -2.14. The number of anilines is 1. The minimum absolute atomic E-state index is 0.00132. The van der Waals surface area contributed by atoms with Crippen molar-refractivity contribution in [2.75, 3.05) is 5.32 Å². The first-order chi connectivity index (χ1) is 8.15. The molecule has 0 saturated carbocycles. The third-order valence-electron chi connectivity index (χ3n) is 2.30. The van der Waals surface area contributed by atoms with Crippen LogP contribution in [0.25, 0.3) is 0 Å². The molecule has 2 aromatic rings. The van der Waals surface area contributed by atoms with Crippen molar-refractivity contribution >= 4 is 21.6 Å². The van der Waals surface area contributed by atoms with Crippen molar-refractivity contribution in [2.24, 2.45) is 0 Å². The molecule has 1 unspecified atom stereocenters. The summed E-state index contributed by atoms with van der Waals surface area (Å²) in [4.78, 5) is 8.14. The molecule has 0 aliphatic rings. The fourth-order valence-electron chi connectivity index (χ4n) is 1.43. The molecule has 88 valence electrons. The van der Waals surface area contributed by atoms with Crippen LogP contribution in [0.1, 0.15) is 18.7 Å². The summed E-state index contributed by atoms with van der Waals surface area (Å²) in [6.45, 7) is 1.96. The summed E-state index contributed by atoms with van der Waals surface area (Å²) in [7, 11) is 0. The van der Waals surface area contributed by atoms with Crippen LogP contribution in [0.4, 0.5) is 10.1 Å². The standard InChI is InChI=1S/C12H11BrFN3/c1-8(11-4-2-9(14)6-15-11)17-10-3-5-12(13)16-7-10/h2-8,17H,1H3. The van der Waals surface area contributed by atoms with Gasteiger partial charge in [-0.3, -0.25) is 4.98 Å². The number of nitrogens with zero attached hydrogens (tertiary/aromatic N) is 2. The maximum Gasteiger partial charge on any atom is 0.141 e. The van der Waals surface area contributed by atoms with E-state index in [0.29, 0.717) is 0 Å². The van der Waals surface area contributed by atoms with Crippen LogP contribution in [0.15, 0.2) is 41.3 Å². The third-order valence-corrected chi connectivity index (χ3v) is 2.77. The predicted octanol–water partition coefficient (Wildman–Crippen LogP) is 3.55. The lowest BCUT2D eigenvalue weighted by atomic mass is 10.2. The number of pyridine rings is 2. The lowest BCUT2D eigenvalue weighted by Crippen LogP contribution is -2.08. The van der Waals surface area contributed by atoms with Crippen molar-refractivity contribution in [2.45, 2.75) is 13.0 Å². The van der Waals surface area contributed by atoms with Gasteiger partial charge in [-0.05, 0) is 47.1 Å². The average molecular weight is 296 g/mol. The molecule has 0 fully saturated rings. The van der Waals surface area contributed by atoms with Crippen LogP contribution in [0.5, 0.6) is 0 Å². The maximum absolute atomic E-state index is 12.7. The lowest BCUT2D eigenvalue weighted by molar-refractivity contribution is 0.617. The van der Waals surface area contributed by atoms with Gasteiger partial charge in [0.2, 0.25) is 0 Å². The molecule has 0 spiro atoms. The highest BCUT2D eigenvalue weighted by Gasteiger charge is 2.06. The zero-order chi connectivity index (χ0) is 12.3. The Labute approximate surface area is 107 Å². The first-order valence-corrected chi connectivity index (χ1v) is 5.94. The molecule has 0 aliphatic heterocycles. The Morgan fingerprint density at radius 1 is 1.18 bits per heavy atom. The van der Waals surface area contributed by atoms with E-state index in [4.69, 9.17) is 0 Å². The Morgan fingerprint density at radius 2 is 2.00 bits per heavy atom. The van der Waals surface area contributed by atoms with Crippen LogP contribution < -0.4 is 5.32 Å². The highest BCUT2D eigenvalue weighted by atomic mass is 79.9. The first kappa shape index (κ1) is 12.0. The molecule has 17 heavy (non-hydrogen) atoms. The zero-order valence-electron chi connectivity index (χ0n) is 9.19. The molecule has 1 atom stereocenters. The number of hydrogen-bond donors (Lipinski definition) is 1. The Kier molecular flexibility index (Phi) is 3.68. The van der Waals surface area contributed by atoms with Gasteiger partial charge in [-0.25, -0.2) is 9.37 Å². The molecule has 0 aromatic carbocycles. The molecule has 3 nitrogen and oxygen atoms in total. The normalized spacial score (nSPS) is 12.2. The number of nitrogens with one attached hydrogen (secondary N) is 1. The van der Waals surface area contributed by atoms with E-state index in [1.54, 1.807) is 12.3 Å². The van der Waals surface area contributed by atoms with E-state index < -0.39 is 0 Å². The largest absolute Gasteiger partial charge is 0.376 e. The monoisotopic (exact) mass is 295 g/mol. The van der Waals surface area contributed by atoms with Gasteiger partial charge in [0, 0.05) is 0 Å². The molecule has 5 heteroatoms. The Bertz CT molecular complexity index is 484. The summed E-state index contributed by atoms with van der Waals surface area (Å²) in [5.41, 5.74) is 1.68. The highest BCUT2D eigenvalue weighted by molar-refractivity contribution is 9.10. The summed E-state index contributed by atoms with van der Waals surface area (Å²) in [5.74, 6) is -0.328. The average Bonchev–Trinajstić information content (AvgIpc) is 2.33. The van der Waals surface area contributed by atoms with E-state index in [1.807, 2.05) is 19.1 Å². The quantitative estimate of drug-likeness (QED) is 0.880. The second kappa shape index (κ2) is 5.23. The van der Waals surface area contributed by atoms with Gasteiger partial charge < -0.3 is 5.32 Å². The van der Waals surface area contributed by atoms with Crippen LogP contribution in [0.2, 0.25) is 0 Å². The minimum atomic E-state index is -0.328. The van der Waals surface area contributed by atoms with Gasteiger partial charge in [0.15, 0.2) is 0 Å². The molecule has 0 radical (unpaired) electrons. The SMILES string of the molecule is CC(Nc1ccc(Br)nc1)c1ccc(F)cn1. The van der Waals surface area contributed by atoms with Gasteiger partial charge in [0.25, 0.3) is 0 Å². The summed E-state index contributed by atoms with van der Waals surface area (Å²) < 4.78 is 13.5. The van der Waals surface area contributed by atoms with E-state index in [2.05, 4.69) is 31.2 Å². The van der Waals surface area contributed by atoms with E-state index in [-0.39, 0.29) is 11.9 Å². The third kappa shape index (κ3) is 3.23. The summed E-state index contributed by atoms with van der Waals surface area (Å²) >= 11 is 3.27. The molecule has 0 aliphatic carbocycles. The molecule has 2 aromatic heterocycles. The molecule has 2 heterocycles. The van der Waals surface area contributed by atoms with E-state index in [0.717, 1.165) is 16.0 Å². The highest BCUT2D eigenvalue weighted by Crippen LogP contribution is 2.18. The molecule has 0 saturated heterocycles. The van der Waals surface area contributed by atoms with Gasteiger partial charge in [0.1, 0.15) is 10.4 Å². The van der Waals surface area contributed by atoms with Crippen molar-refractivity contribution in [1.82, 2.24) is 9.97 Å². The van der Waals surface area contributed by atoms with Crippen LogP contribution >= 0.6 is 15.9 Å². The number of halogens is 2. The van der Waals surface area contributed by atoms with Gasteiger partial charge in [-0.2, -0.15) is 0 Å². The van der Waals surface area contributed by atoms with Crippen LogP contribution in [0, 0.1) is 5.82 Å². The van der Waals surface area contributed by atoms with Crippen molar-refractivity contribution in [1.29, 1.82) is 0 Å². The van der Waals surface area contributed by atoms with E-state index >= 15 is 0 Å². The maximum atomic E-state index is 12.7. The second-order valence-electron chi connectivity index (χ2n) is 3.64. The zero-order valence-corrected chi connectivity index (χ0v) is 10.8. The molecular formula is C12H11BrFN3. The van der Waals surface area contributed by atoms with Crippen LogP contribution in [0.3, 0.4) is 0 Å². The van der Waals surface area contributed by atoms with E-state index in [1.165, 1.54) is 12.3 Å². The predicted molar refractivity (Wildman–Crippen MR) is 68.2 cm³/mol. The van der Waals surface area contributed by atoms with Gasteiger partial charge in [-0.1, -0.05) is 0 Å². The summed E-state index contributed by atoms with van der Waals surface area (Å²) in [6, 6.07) is 6.84. The van der Waals surface area contributed by atoms with Crippen molar-refractivity contribution < 1.29 is 4.39 Å².